The molecule has 0 aromatic carbocycles. The molecule has 1 amide bonds. The maximum atomic E-state index is 12.9. The van der Waals surface area contributed by atoms with Gasteiger partial charge in [-0.3, -0.25) is 9.35 Å². The highest BCUT2D eigenvalue weighted by Crippen LogP contribution is 2.26. The SMILES string of the molecule is CCCCCC/C=C\CCCCCCCCC(O)C(=O)NC(COC1OC(CO)C(O)C(OS(=O)(=O)O)C1O)C(O)CCCCCCCC. The molecule has 1 rings (SSSR count). The van der Waals surface area contributed by atoms with Gasteiger partial charge in [-0.1, -0.05) is 116 Å². The second kappa shape index (κ2) is 27.5. The van der Waals surface area contributed by atoms with Gasteiger partial charge in [0.15, 0.2) is 6.29 Å². The van der Waals surface area contributed by atoms with Crippen molar-refractivity contribution in [1.82, 2.24) is 5.32 Å². The number of allylic oxidation sites excluding steroid dienone is 2. The molecule has 1 heterocycles. The van der Waals surface area contributed by atoms with Gasteiger partial charge in [0.2, 0.25) is 5.91 Å². The van der Waals surface area contributed by atoms with Gasteiger partial charge in [0.25, 0.3) is 0 Å². The lowest BCUT2D eigenvalue weighted by Crippen LogP contribution is -2.61. The molecule has 290 valence electrons. The van der Waals surface area contributed by atoms with Gasteiger partial charge in [0, 0.05) is 0 Å². The predicted octanol–water partition coefficient (Wildman–Crippen LogP) is 4.23. The first-order chi connectivity index (χ1) is 23.4. The fourth-order valence-corrected chi connectivity index (χ4v) is 6.38. The van der Waals surface area contributed by atoms with Crippen LogP contribution >= 0.6 is 0 Å². The van der Waals surface area contributed by atoms with Gasteiger partial charge in [0.1, 0.15) is 30.5 Å². The van der Waals surface area contributed by atoms with Crippen molar-refractivity contribution < 1.29 is 57.0 Å². The maximum Gasteiger partial charge on any atom is 0.397 e. The number of nitrogens with one attached hydrogen (secondary N) is 1. The summed E-state index contributed by atoms with van der Waals surface area (Å²) in [4.78, 5) is 12.9. The number of carbonyl (C=O) groups excluding carboxylic acids is 1. The van der Waals surface area contributed by atoms with Crippen molar-refractivity contribution in [2.45, 2.75) is 191 Å². The average Bonchev–Trinajstić information content (AvgIpc) is 3.06. The zero-order valence-electron chi connectivity index (χ0n) is 29.9. The van der Waals surface area contributed by atoms with Gasteiger partial charge in [0.05, 0.1) is 25.4 Å². The van der Waals surface area contributed by atoms with Crippen LogP contribution in [-0.2, 0) is 28.9 Å². The van der Waals surface area contributed by atoms with Crippen molar-refractivity contribution in [3.05, 3.63) is 12.2 Å². The van der Waals surface area contributed by atoms with Gasteiger partial charge in [-0.25, -0.2) is 4.18 Å². The second-order valence-electron chi connectivity index (χ2n) is 13.3. The van der Waals surface area contributed by atoms with E-state index >= 15 is 0 Å². The fraction of sp³-hybridized carbons (Fsp3) is 0.914. The Kier molecular flexibility index (Phi) is 25.7. The van der Waals surface area contributed by atoms with E-state index < -0.39 is 78.5 Å². The second-order valence-corrected chi connectivity index (χ2v) is 14.4. The lowest BCUT2D eigenvalue weighted by atomic mass is 9.99. The Hall–Kier alpha value is -1.20. The Morgan fingerprint density at radius 3 is 1.86 bits per heavy atom. The summed E-state index contributed by atoms with van der Waals surface area (Å²) in [6.45, 7) is 3.13. The third kappa shape index (κ3) is 21.0. The van der Waals surface area contributed by atoms with Gasteiger partial charge < -0.3 is 40.3 Å². The summed E-state index contributed by atoms with van der Waals surface area (Å²) in [6, 6.07) is -1.03. The van der Waals surface area contributed by atoms with E-state index in [0.717, 1.165) is 77.0 Å². The van der Waals surface area contributed by atoms with Crippen LogP contribution in [0.1, 0.15) is 142 Å². The molecular weight excluding hydrogens is 658 g/mol. The van der Waals surface area contributed by atoms with E-state index in [0.29, 0.717) is 19.3 Å². The van der Waals surface area contributed by atoms with Crippen LogP contribution in [0.25, 0.3) is 0 Å². The number of hydrogen-bond acceptors (Lipinski definition) is 11. The normalized spacial score (nSPS) is 23.5. The summed E-state index contributed by atoms with van der Waals surface area (Å²) in [5.74, 6) is -0.682. The molecule has 7 N–H and O–H groups in total. The first-order valence-electron chi connectivity index (χ1n) is 18.7. The van der Waals surface area contributed by atoms with E-state index in [2.05, 4.69) is 35.5 Å². The Balaban J connectivity index is 2.61. The van der Waals surface area contributed by atoms with Gasteiger partial charge in [-0.2, -0.15) is 8.42 Å². The van der Waals surface area contributed by atoms with Crippen molar-refractivity contribution in [2.24, 2.45) is 0 Å². The highest BCUT2D eigenvalue weighted by atomic mass is 32.3. The zero-order chi connectivity index (χ0) is 36.5. The number of aliphatic hydroxyl groups excluding tert-OH is 5. The Bertz CT molecular complexity index is 968. The molecule has 1 saturated heterocycles. The lowest BCUT2D eigenvalue weighted by Gasteiger charge is -2.41. The summed E-state index contributed by atoms with van der Waals surface area (Å²) in [5, 5.41) is 54.7. The van der Waals surface area contributed by atoms with E-state index in [1.807, 2.05) is 0 Å². The topological polar surface area (TPSA) is 212 Å². The molecule has 0 aromatic rings. The first kappa shape index (κ1) is 45.8. The monoisotopic (exact) mass is 725 g/mol. The van der Waals surface area contributed by atoms with Crippen LogP contribution < -0.4 is 5.32 Å². The number of amides is 1. The van der Waals surface area contributed by atoms with Crippen molar-refractivity contribution in [3.63, 3.8) is 0 Å². The first-order valence-corrected chi connectivity index (χ1v) is 20.0. The summed E-state index contributed by atoms with van der Waals surface area (Å²) in [6.07, 6.45) is 13.2. The smallest absolute Gasteiger partial charge is 0.394 e. The van der Waals surface area contributed by atoms with E-state index in [1.165, 1.54) is 25.7 Å². The molecule has 14 heteroatoms. The third-order valence-electron chi connectivity index (χ3n) is 8.93. The quantitative estimate of drug-likeness (QED) is 0.0315. The molecular formula is C35H67NO12S. The molecule has 0 bridgehead atoms. The fourth-order valence-electron chi connectivity index (χ4n) is 5.87. The minimum Gasteiger partial charge on any atom is -0.394 e. The summed E-state index contributed by atoms with van der Waals surface area (Å²) in [7, 11) is -5.10. The van der Waals surface area contributed by atoms with Crippen LogP contribution in [0, 0.1) is 0 Å². The van der Waals surface area contributed by atoms with Crippen molar-refractivity contribution in [1.29, 1.82) is 0 Å². The van der Waals surface area contributed by atoms with E-state index in [4.69, 9.17) is 14.0 Å². The number of rotatable bonds is 30. The zero-order valence-corrected chi connectivity index (χ0v) is 30.7. The van der Waals surface area contributed by atoms with E-state index in [-0.39, 0.29) is 6.42 Å². The molecule has 0 radical (unpaired) electrons. The van der Waals surface area contributed by atoms with E-state index in [1.54, 1.807) is 0 Å². The average molecular weight is 726 g/mol. The van der Waals surface area contributed by atoms with Crippen molar-refractivity contribution in [2.75, 3.05) is 13.2 Å². The molecule has 49 heavy (non-hydrogen) atoms. The van der Waals surface area contributed by atoms with Crippen LogP contribution in [0.15, 0.2) is 12.2 Å². The van der Waals surface area contributed by atoms with Gasteiger partial charge >= 0.3 is 10.4 Å². The molecule has 0 saturated carbocycles. The molecule has 0 spiro atoms. The van der Waals surface area contributed by atoms with E-state index in [9.17, 15) is 38.7 Å². The third-order valence-corrected chi connectivity index (χ3v) is 9.40. The Morgan fingerprint density at radius 2 is 1.31 bits per heavy atom. The number of aliphatic hydroxyl groups is 5. The summed E-state index contributed by atoms with van der Waals surface area (Å²) in [5.41, 5.74) is 0. The maximum absolute atomic E-state index is 12.9. The van der Waals surface area contributed by atoms with Crippen molar-refractivity contribution >= 4 is 16.3 Å². The highest BCUT2D eigenvalue weighted by molar-refractivity contribution is 7.80. The minimum absolute atomic E-state index is 0.253. The predicted molar refractivity (Wildman–Crippen MR) is 187 cm³/mol. The molecule has 8 unspecified atom stereocenters. The Morgan fingerprint density at radius 1 is 0.796 bits per heavy atom. The molecule has 0 aromatic heterocycles. The summed E-state index contributed by atoms with van der Waals surface area (Å²) < 4.78 is 47.1. The standard InChI is InChI=1S/C35H67NO12S/c1-3-5-7-9-11-12-13-14-15-16-17-18-20-22-24-29(39)34(42)36-27(28(38)23-21-19-10-8-6-4-2)26-46-35-32(41)33(48-49(43,44)45)31(40)30(25-37)47-35/h12-13,27-33,35,37-41H,3-11,14-26H2,1-2H3,(H,36,42)(H,43,44,45)/b13-12-. The largest absolute Gasteiger partial charge is 0.397 e. The van der Waals surface area contributed by atoms with Crippen molar-refractivity contribution in [3.8, 4) is 0 Å². The number of ether oxygens (including phenoxy) is 2. The van der Waals surface area contributed by atoms with Crippen LogP contribution in [-0.4, -0.2) is 107 Å². The van der Waals surface area contributed by atoms with Crippen LogP contribution in [0.4, 0.5) is 0 Å². The number of hydrogen-bond donors (Lipinski definition) is 7. The lowest BCUT2D eigenvalue weighted by molar-refractivity contribution is -0.298. The summed E-state index contributed by atoms with van der Waals surface area (Å²) >= 11 is 0. The van der Waals surface area contributed by atoms with Crippen LogP contribution in [0.5, 0.6) is 0 Å². The van der Waals surface area contributed by atoms with Crippen LogP contribution in [0.2, 0.25) is 0 Å². The molecule has 1 fully saturated rings. The van der Waals surface area contributed by atoms with Crippen LogP contribution in [0.3, 0.4) is 0 Å². The molecule has 8 atom stereocenters. The Labute approximate surface area is 294 Å². The molecule has 13 nitrogen and oxygen atoms in total. The minimum atomic E-state index is -5.10. The van der Waals surface area contributed by atoms with Gasteiger partial charge in [-0.15, -0.1) is 0 Å². The number of unbranched alkanes of at least 4 members (excludes halogenated alkanes) is 15. The molecule has 0 aliphatic carbocycles. The molecule has 1 aliphatic heterocycles. The number of carbonyl (C=O) groups is 1. The highest BCUT2D eigenvalue weighted by Gasteiger charge is 2.48. The molecule has 1 aliphatic rings. The van der Waals surface area contributed by atoms with Gasteiger partial charge in [-0.05, 0) is 38.5 Å².